The summed E-state index contributed by atoms with van der Waals surface area (Å²) in [6.45, 7) is 5.78. The highest BCUT2D eigenvalue weighted by atomic mass is 15.2. The van der Waals surface area contributed by atoms with E-state index >= 15 is 0 Å². The molecular formula is C17H29N3. The van der Waals surface area contributed by atoms with E-state index in [0.717, 1.165) is 24.8 Å². The Morgan fingerprint density at radius 1 is 1.20 bits per heavy atom. The maximum atomic E-state index is 5.78. The van der Waals surface area contributed by atoms with Crippen LogP contribution in [0.2, 0.25) is 0 Å². The fourth-order valence-electron chi connectivity index (χ4n) is 3.14. The molecule has 0 aromatic heterocycles. The molecular weight excluding hydrogens is 246 g/mol. The molecule has 1 atom stereocenters. The summed E-state index contributed by atoms with van der Waals surface area (Å²) in [5.41, 5.74) is 7.93. The second-order valence-corrected chi connectivity index (χ2v) is 6.00. The molecule has 2 rings (SSSR count). The Hall–Kier alpha value is -1.22. The van der Waals surface area contributed by atoms with E-state index in [-0.39, 0.29) is 0 Å². The van der Waals surface area contributed by atoms with Crippen LogP contribution in [0.5, 0.6) is 0 Å². The number of nitrogens with zero attached hydrogens (tertiary/aromatic N) is 2. The fourth-order valence-corrected chi connectivity index (χ4v) is 3.14. The smallest absolute Gasteiger partial charge is 0.0367 e. The van der Waals surface area contributed by atoms with Crippen molar-refractivity contribution in [3.8, 4) is 0 Å². The molecule has 1 fully saturated rings. The SMILES string of the molecule is CCCN(CCC1CCCCN1C)c1ccc(N)cc1. The average Bonchev–Trinajstić information content (AvgIpc) is 2.46. The minimum atomic E-state index is 0.761. The number of piperidine rings is 1. The van der Waals surface area contributed by atoms with Crippen molar-refractivity contribution in [3.05, 3.63) is 24.3 Å². The minimum Gasteiger partial charge on any atom is -0.399 e. The number of nitrogen functional groups attached to an aromatic ring is 1. The molecule has 1 aliphatic heterocycles. The number of nitrogens with two attached hydrogens (primary N) is 1. The number of hydrogen-bond acceptors (Lipinski definition) is 3. The molecule has 3 heteroatoms. The van der Waals surface area contributed by atoms with Crippen LogP contribution in [0.4, 0.5) is 11.4 Å². The van der Waals surface area contributed by atoms with Crippen LogP contribution in [0.25, 0.3) is 0 Å². The highest BCUT2D eigenvalue weighted by Crippen LogP contribution is 2.21. The van der Waals surface area contributed by atoms with Gasteiger partial charge in [0.25, 0.3) is 0 Å². The second-order valence-electron chi connectivity index (χ2n) is 6.00. The average molecular weight is 275 g/mol. The lowest BCUT2D eigenvalue weighted by molar-refractivity contribution is 0.177. The Morgan fingerprint density at radius 2 is 1.95 bits per heavy atom. The molecule has 2 N–H and O–H groups in total. The van der Waals surface area contributed by atoms with Crippen LogP contribution >= 0.6 is 0 Å². The molecule has 0 aliphatic carbocycles. The zero-order valence-electron chi connectivity index (χ0n) is 13.0. The van der Waals surface area contributed by atoms with Crippen molar-refractivity contribution in [1.82, 2.24) is 4.90 Å². The van der Waals surface area contributed by atoms with Crippen LogP contribution in [-0.4, -0.2) is 37.6 Å². The van der Waals surface area contributed by atoms with E-state index in [2.05, 4.69) is 35.9 Å². The second kappa shape index (κ2) is 7.53. The molecule has 1 unspecified atom stereocenters. The van der Waals surface area contributed by atoms with Crippen LogP contribution < -0.4 is 10.6 Å². The first-order chi connectivity index (χ1) is 9.70. The van der Waals surface area contributed by atoms with Crippen LogP contribution in [0.1, 0.15) is 39.0 Å². The van der Waals surface area contributed by atoms with Gasteiger partial charge in [0.1, 0.15) is 0 Å². The van der Waals surface area contributed by atoms with Gasteiger partial charge in [-0.15, -0.1) is 0 Å². The van der Waals surface area contributed by atoms with Gasteiger partial charge in [-0.25, -0.2) is 0 Å². The standard InChI is InChI=1S/C17H29N3/c1-3-12-20(17-9-7-15(18)8-10-17)14-11-16-6-4-5-13-19(16)2/h7-10,16H,3-6,11-14,18H2,1-2H3. The third-order valence-corrected chi connectivity index (χ3v) is 4.41. The summed E-state index contributed by atoms with van der Waals surface area (Å²) in [7, 11) is 2.28. The summed E-state index contributed by atoms with van der Waals surface area (Å²) in [6, 6.07) is 9.07. The van der Waals surface area contributed by atoms with Gasteiger partial charge in [-0.2, -0.15) is 0 Å². The fraction of sp³-hybridized carbons (Fsp3) is 0.647. The van der Waals surface area contributed by atoms with E-state index in [1.54, 1.807) is 0 Å². The van der Waals surface area contributed by atoms with Crippen molar-refractivity contribution >= 4 is 11.4 Å². The lowest BCUT2D eigenvalue weighted by atomic mass is 10.00. The van der Waals surface area contributed by atoms with Gasteiger partial charge in [-0.05, 0) is 63.5 Å². The van der Waals surface area contributed by atoms with Gasteiger partial charge in [0, 0.05) is 30.5 Å². The van der Waals surface area contributed by atoms with Crippen LogP contribution in [0, 0.1) is 0 Å². The van der Waals surface area contributed by atoms with Crippen molar-refractivity contribution in [2.24, 2.45) is 0 Å². The molecule has 0 spiro atoms. The topological polar surface area (TPSA) is 32.5 Å². The molecule has 0 bridgehead atoms. The Balaban J connectivity index is 1.93. The van der Waals surface area contributed by atoms with Gasteiger partial charge in [-0.3, -0.25) is 0 Å². The quantitative estimate of drug-likeness (QED) is 0.808. The van der Waals surface area contributed by atoms with Gasteiger partial charge in [-0.1, -0.05) is 13.3 Å². The summed E-state index contributed by atoms with van der Waals surface area (Å²) in [6.07, 6.45) is 6.57. The van der Waals surface area contributed by atoms with Crippen molar-refractivity contribution in [1.29, 1.82) is 0 Å². The molecule has 1 aromatic rings. The number of likely N-dealkylation sites (tertiary alicyclic amines) is 1. The molecule has 1 aromatic carbocycles. The molecule has 20 heavy (non-hydrogen) atoms. The monoisotopic (exact) mass is 275 g/mol. The van der Waals surface area contributed by atoms with E-state index in [1.807, 2.05) is 12.1 Å². The predicted molar refractivity (Wildman–Crippen MR) is 88.2 cm³/mol. The van der Waals surface area contributed by atoms with Crippen LogP contribution in [0.3, 0.4) is 0 Å². The lowest BCUT2D eigenvalue weighted by Crippen LogP contribution is -2.39. The maximum absolute atomic E-state index is 5.78. The van der Waals surface area contributed by atoms with E-state index < -0.39 is 0 Å². The molecule has 1 aliphatic rings. The van der Waals surface area contributed by atoms with Crippen LogP contribution in [0.15, 0.2) is 24.3 Å². The molecule has 0 amide bonds. The highest BCUT2D eigenvalue weighted by molar-refractivity contribution is 5.53. The molecule has 0 radical (unpaired) electrons. The first-order valence-electron chi connectivity index (χ1n) is 8.01. The van der Waals surface area contributed by atoms with E-state index in [4.69, 9.17) is 5.73 Å². The molecule has 3 nitrogen and oxygen atoms in total. The van der Waals surface area contributed by atoms with Gasteiger partial charge in [0.15, 0.2) is 0 Å². The minimum absolute atomic E-state index is 0.761. The summed E-state index contributed by atoms with van der Waals surface area (Å²) in [4.78, 5) is 5.04. The van der Waals surface area contributed by atoms with E-state index in [0.29, 0.717) is 0 Å². The Labute approximate surface area is 123 Å². The summed E-state index contributed by atoms with van der Waals surface area (Å²) >= 11 is 0. The first-order valence-corrected chi connectivity index (χ1v) is 8.01. The third kappa shape index (κ3) is 4.14. The number of anilines is 2. The van der Waals surface area contributed by atoms with Gasteiger partial charge in [0.05, 0.1) is 0 Å². The normalized spacial score (nSPS) is 20.0. The first kappa shape index (κ1) is 15.2. The van der Waals surface area contributed by atoms with Crippen LogP contribution in [-0.2, 0) is 0 Å². The zero-order valence-corrected chi connectivity index (χ0v) is 13.0. The summed E-state index contributed by atoms with van der Waals surface area (Å²) < 4.78 is 0. The third-order valence-electron chi connectivity index (χ3n) is 4.41. The molecule has 0 saturated carbocycles. The number of hydrogen-bond donors (Lipinski definition) is 1. The van der Waals surface area contributed by atoms with Gasteiger partial charge < -0.3 is 15.5 Å². The maximum Gasteiger partial charge on any atom is 0.0367 e. The van der Waals surface area contributed by atoms with Gasteiger partial charge in [0.2, 0.25) is 0 Å². The molecule has 1 heterocycles. The molecule has 1 saturated heterocycles. The Bertz CT molecular complexity index is 388. The van der Waals surface area contributed by atoms with Crippen molar-refractivity contribution < 1.29 is 0 Å². The highest BCUT2D eigenvalue weighted by Gasteiger charge is 2.19. The molecule has 112 valence electrons. The lowest BCUT2D eigenvalue weighted by Gasteiger charge is -2.34. The summed E-state index contributed by atoms with van der Waals surface area (Å²) in [5.74, 6) is 0. The Morgan fingerprint density at radius 3 is 2.60 bits per heavy atom. The van der Waals surface area contributed by atoms with Crippen molar-refractivity contribution in [3.63, 3.8) is 0 Å². The summed E-state index contributed by atoms with van der Waals surface area (Å²) in [5, 5.41) is 0. The van der Waals surface area contributed by atoms with Gasteiger partial charge >= 0.3 is 0 Å². The van der Waals surface area contributed by atoms with Crippen molar-refractivity contribution in [2.45, 2.75) is 45.1 Å². The van der Waals surface area contributed by atoms with E-state index in [9.17, 15) is 0 Å². The predicted octanol–water partition coefficient (Wildman–Crippen LogP) is 3.36. The number of benzene rings is 1. The Kier molecular flexibility index (Phi) is 5.72. The zero-order chi connectivity index (χ0) is 14.4. The number of rotatable bonds is 6. The van der Waals surface area contributed by atoms with Crippen molar-refractivity contribution in [2.75, 3.05) is 37.3 Å². The largest absolute Gasteiger partial charge is 0.399 e. The van der Waals surface area contributed by atoms with E-state index in [1.165, 1.54) is 44.3 Å².